The normalized spacial score (nSPS) is 25.6. The molecule has 116 valence electrons. The largest absolute Gasteiger partial charge is 0.481 e. The van der Waals surface area contributed by atoms with Gasteiger partial charge in [0.25, 0.3) is 0 Å². The smallest absolute Gasteiger partial charge is 0.317 e. The summed E-state index contributed by atoms with van der Waals surface area (Å²) in [4.78, 5) is 25.4. The van der Waals surface area contributed by atoms with E-state index in [1.165, 1.54) is 0 Å². The van der Waals surface area contributed by atoms with Gasteiger partial charge in [-0.3, -0.25) is 4.79 Å². The number of urea groups is 1. The van der Waals surface area contributed by atoms with Crippen molar-refractivity contribution in [3.8, 4) is 0 Å². The van der Waals surface area contributed by atoms with Crippen molar-refractivity contribution in [2.75, 3.05) is 13.1 Å². The molecule has 0 aromatic carbocycles. The number of likely N-dealkylation sites (tertiary alicyclic amines) is 1. The van der Waals surface area contributed by atoms with E-state index in [0.29, 0.717) is 25.4 Å². The van der Waals surface area contributed by atoms with Crippen LogP contribution < -0.4 is 5.32 Å². The van der Waals surface area contributed by atoms with Crippen LogP contribution in [0.1, 0.15) is 47.5 Å². The highest BCUT2D eigenvalue weighted by atomic mass is 16.4. The van der Waals surface area contributed by atoms with Crippen LogP contribution in [0.5, 0.6) is 0 Å². The van der Waals surface area contributed by atoms with Crippen LogP contribution in [0.25, 0.3) is 0 Å². The van der Waals surface area contributed by atoms with Crippen LogP contribution in [0.4, 0.5) is 4.79 Å². The van der Waals surface area contributed by atoms with Gasteiger partial charge in [0.15, 0.2) is 0 Å². The van der Waals surface area contributed by atoms with Crippen LogP contribution in [0, 0.1) is 17.3 Å². The zero-order valence-corrected chi connectivity index (χ0v) is 13.3. The molecule has 1 fully saturated rings. The Morgan fingerprint density at radius 1 is 1.30 bits per heavy atom. The van der Waals surface area contributed by atoms with Gasteiger partial charge in [0, 0.05) is 19.1 Å². The van der Waals surface area contributed by atoms with Gasteiger partial charge in [0.05, 0.1) is 5.41 Å². The third kappa shape index (κ3) is 3.25. The van der Waals surface area contributed by atoms with E-state index in [4.69, 9.17) is 0 Å². The lowest BCUT2D eigenvalue weighted by Gasteiger charge is -2.29. The molecule has 0 aromatic rings. The summed E-state index contributed by atoms with van der Waals surface area (Å²) < 4.78 is 0. The first-order chi connectivity index (χ1) is 9.24. The van der Waals surface area contributed by atoms with Gasteiger partial charge in [-0.25, -0.2) is 4.79 Å². The molecule has 20 heavy (non-hydrogen) atoms. The number of hydrogen-bond donors (Lipinski definition) is 2. The van der Waals surface area contributed by atoms with E-state index < -0.39 is 11.4 Å². The minimum atomic E-state index is -0.795. The van der Waals surface area contributed by atoms with Crippen molar-refractivity contribution in [2.24, 2.45) is 17.3 Å². The van der Waals surface area contributed by atoms with Gasteiger partial charge in [-0.15, -0.1) is 0 Å². The Labute approximate surface area is 121 Å². The van der Waals surface area contributed by atoms with E-state index in [2.05, 4.69) is 19.2 Å². The summed E-state index contributed by atoms with van der Waals surface area (Å²) >= 11 is 0. The van der Waals surface area contributed by atoms with Gasteiger partial charge in [-0.1, -0.05) is 34.1 Å². The molecule has 1 aliphatic rings. The minimum absolute atomic E-state index is 0.0183. The predicted molar refractivity (Wildman–Crippen MR) is 78.5 cm³/mol. The number of nitrogens with zero attached hydrogens (tertiary/aromatic N) is 1. The highest BCUT2D eigenvalue weighted by Crippen LogP contribution is 2.38. The fourth-order valence-electron chi connectivity index (χ4n) is 2.68. The number of rotatable bonds is 5. The summed E-state index contributed by atoms with van der Waals surface area (Å²) in [6, 6.07) is -0.0343. The van der Waals surface area contributed by atoms with Crippen molar-refractivity contribution in [1.82, 2.24) is 10.2 Å². The molecule has 0 bridgehead atoms. The number of nitrogens with one attached hydrogen (secondary N) is 1. The van der Waals surface area contributed by atoms with Gasteiger partial charge in [-0.2, -0.15) is 0 Å². The Balaban J connectivity index is 2.67. The van der Waals surface area contributed by atoms with Crippen LogP contribution >= 0.6 is 0 Å². The number of carboxylic acids is 1. The number of aliphatic carboxylic acids is 1. The van der Waals surface area contributed by atoms with Crippen LogP contribution in [0.15, 0.2) is 0 Å². The number of carbonyl (C=O) groups is 2. The highest BCUT2D eigenvalue weighted by molar-refractivity contribution is 5.80. The first-order valence-electron chi connectivity index (χ1n) is 7.53. The molecule has 2 N–H and O–H groups in total. The summed E-state index contributed by atoms with van der Waals surface area (Å²) in [5, 5.41) is 12.5. The van der Waals surface area contributed by atoms with Gasteiger partial charge in [-0.05, 0) is 25.2 Å². The van der Waals surface area contributed by atoms with Gasteiger partial charge in [0.2, 0.25) is 0 Å². The molecule has 1 saturated heterocycles. The first-order valence-corrected chi connectivity index (χ1v) is 7.53. The molecule has 5 nitrogen and oxygen atoms in total. The number of carboxylic acid groups (broad SMARTS) is 1. The van der Waals surface area contributed by atoms with Gasteiger partial charge >= 0.3 is 12.0 Å². The van der Waals surface area contributed by atoms with E-state index >= 15 is 0 Å². The van der Waals surface area contributed by atoms with E-state index in [1.807, 2.05) is 20.8 Å². The molecule has 0 aliphatic carbocycles. The number of carbonyl (C=O) groups excluding carboxylic acids is 1. The second-order valence-electron chi connectivity index (χ2n) is 6.41. The zero-order valence-electron chi connectivity index (χ0n) is 13.3. The molecule has 1 rings (SSSR count). The molecule has 1 aliphatic heterocycles. The molecular formula is C15H28N2O3. The van der Waals surface area contributed by atoms with Crippen molar-refractivity contribution in [2.45, 2.75) is 53.5 Å². The first kappa shape index (κ1) is 16.8. The third-order valence-electron chi connectivity index (χ3n) is 4.97. The Kier molecular flexibility index (Phi) is 5.42. The Bertz CT molecular complexity index is 370. The van der Waals surface area contributed by atoms with Gasteiger partial charge < -0.3 is 15.3 Å². The predicted octanol–water partition coefficient (Wildman–Crippen LogP) is 2.56. The van der Waals surface area contributed by atoms with Crippen molar-refractivity contribution in [3.05, 3.63) is 0 Å². The van der Waals surface area contributed by atoms with Crippen molar-refractivity contribution < 1.29 is 14.7 Å². The molecule has 3 unspecified atom stereocenters. The molecule has 0 spiro atoms. The molecule has 0 saturated carbocycles. The topological polar surface area (TPSA) is 69.6 Å². The Hall–Kier alpha value is -1.26. The quantitative estimate of drug-likeness (QED) is 0.815. The second-order valence-corrected chi connectivity index (χ2v) is 6.41. The third-order valence-corrected chi connectivity index (χ3v) is 4.97. The monoisotopic (exact) mass is 284 g/mol. The maximum atomic E-state index is 12.2. The van der Waals surface area contributed by atoms with Crippen LogP contribution in [0.3, 0.4) is 0 Å². The summed E-state index contributed by atoms with van der Waals surface area (Å²) in [6.45, 7) is 10.8. The standard InChI is InChI=1S/C15H28N2O3/c1-6-11(4)12(5)16-14(20)17-8-7-15(9-17,10(2)3)13(18)19/h10-12H,6-9H2,1-5H3,(H,16,20)(H,18,19). The lowest BCUT2D eigenvalue weighted by Crippen LogP contribution is -2.47. The summed E-state index contributed by atoms with van der Waals surface area (Å²) in [7, 11) is 0. The number of amides is 2. The number of hydrogen-bond acceptors (Lipinski definition) is 2. The molecule has 0 aromatic heterocycles. The summed E-state index contributed by atoms with van der Waals surface area (Å²) in [5.41, 5.74) is -0.795. The molecule has 5 heteroatoms. The molecule has 2 amide bonds. The molecule has 3 atom stereocenters. The SMILES string of the molecule is CCC(C)C(C)NC(=O)N1CCC(C(=O)O)(C(C)C)C1. The Morgan fingerprint density at radius 3 is 2.30 bits per heavy atom. The highest BCUT2D eigenvalue weighted by Gasteiger charge is 2.48. The lowest BCUT2D eigenvalue weighted by molar-refractivity contribution is -0.150. The van der Waals surface area contributed by atoms with Crippen molar-refractivity contribution >= 4 is 12.0 Å². The van der Waals surface area contributed by atoms with Crippen molar-refractivity contribution in [3.63, 3.8) is 0 Å². The fourth-order valence-corrected chi connectivity index (χ4v) is 2.68. The summed E-state index contributed by atoms with van der Waals surface area (Å²) in [5.74, 6) is -0.363. The molecule has 1 heterocycles. The molecule has 0 radical (unpaired) electrons. The second kappa shape index (κ2) is 6.46. The fraction of sp³-hybridized carbons (Fsp3) is 0.867. The summed E-state index contributed by atoms with van der Waals surface area (Å²) in [6.07, 6.45) is 1.54. The maximum Gasteiger partial charge on any atom is 0.317 e. The maximum absolute atomic E-state index is 12.2. The van der Waals surface area contributed by atoms with E-state index in [9.17, 15) is 14.7 Å². The van der Waals surface area contributed by atoms with Crippen LogP contribution in [-0.4, -0.2) is 41.1 Å². The minimum Gasteiger partial charge on any atom is -0.481 e. The average Bonchev–Trinajstić information content (AvgIpc) is 2.84. The average molecular weight is 284 g/mol. The zero-order chi connectivity index (χ0) is 15.5. The van der Waals surface area contributed by atoms with E-state index in [1.54, 1.807) is 4.90 Å². The van der Waals surface area contributed by atoms with Crippen LogP contribution in [-0.2, 0) is 4.79 Å². The van der Waals surface area contributed by atoms with Gasteiger partial charge in [0.1, 0.15) is 0 Å². The van der Waals surface area contributed by atoms with Crippen LogP contribution in [0.2, 0.25) is 0 Å². The lowest BCUT2D eigenvalue weighted by atomic mass is 9.76. The Morgan fingerprint density at radius 2 is 1.90 bits per heavy atom. The van der Waals surface area contributed by atoms with Crippen molar-refractivity contribution in [1.29, 1.82) is 0 Å². The van der Waals surface area contributed by atoms with E-state index in [-0.39, 0.29) is 18.0 Å². The van der Waals surface area contributed by atoms with E-state index in [0.717, 1.165) is 6.42 Å². The molecular weight excluding hydrogens is 256 g/mol.